The highest BCUT2D eigenvalue weighted by Crippen LogP contribution is 2.24. The van der Waals surface area contributed by atoms with Gasteiger partial charge in [0.25, 0.3) is 0 Å². The first-order valence-corrected chi connectivity index (χ1v) is 11.2. The zero-order chi connectivity index (χ0) is 21.3. The van der Waals surface area contributed by atoms with Crippen molar-refractivity contribution in [3.05, 3.63) is 103 Å². The van der Waals surface area contributed by atoms with Crippen molar-refractivity contribution in [3.8, 4) is 0 Å². The molecule has 0 heterocycles. The highest BCUT2D eigenvalue weighted by Gasteiger charge is 2.20. The van der Waals surface area contributed by atoms with Crippen molar-refractivity contribution in [2.24, 2.45) is 0 Å². The lowest BCUT2D eigenvalue weighted by Gasteiger charge is -2.19. The van der Waals surface area contributed by atoms with Gasteiger partial charge >= 0.3 is 0 Å². The van der Waals surface area contributed by atoms with Crippen LogP contribution in [0.3, 0.4) is 0 Å². The molecule has 1 saturated carbocycles. The molecular weight excluding hydrogens is 368 g/mol. The van der Waals surface area contributed by atoms with E-state index in [2.05, 4.69) is 48.6 Å². The van der Waals surface area contributed by atoms with E-state index in [4.69, 9.17) is 0 Å². The van der Waals surface area contributed by atoms with Gasteiger partial charge in [0.05, 0.1) is 0 Å². The molecule has 0 amide bonds. The summed E-state index contributed by atoms with van der Waals surface area (Å²) in [5.74, 6) is -1.67. The van der Waals surface area contributed by atoms with Crippen LogP contribution in [0.4, 0.5) is 0 Å². The minimum Gasteiger partial charge on any atom is -0.362 e. The second-order valence-electron chi connectivity index (χ2n) is 7.75. The normalized spacial score (nSPS) is 19.6. The highest BCUT2D eigenvalue weighted by atomic mass is 16.5. The average molecular weight is 405 g/mol. The Bertz CT molecular complexity index is 704. The lowest BCUT2D eigenvalue weighted by Crippen LogP contribution is -2.25. The van der Waals surface area contributed by atoms with Crippen LogP contribution in [0.1, 0.15) is 63.4 Å². The van der Waals surface area contributed by atoms with Crippen LogP contribution in [0.2, 0.25) is 0 Å². The summed E-state index contributed by atoms with van der Waals surface area (Å²) in [5, 5.41) is 18.5. The third-order valence-corrected chi connectivity index (χ3v) is 5.07. The van der Waals surface area contributed by atoms with Gasteiger partial charge in [-0.3, -0.25) is 0 Å². The van der Waals surface area contributed by atoms with Crippen molar-refractivity contribution in [2.45, 2.75) is 63.6 Å². The molecule has 0 unspecified atom stereocenters. The molecule has 2 nitrogen and oxygen atoms in total. The van der Waals surface area contributed by atoms with Gasteiger partial charge in [0, 0.05) is 6.42 Å². The Balaban J connectivity index is 0.000000164. The molecule has 160 valence electrons. The van der Waals surface area contributed by atoms with Crippen LogP contribution in [0.5, 0.6) is 0 Å². The summed E-state index contributed by atoms with van der Waals surface area (Å²) in [6.45, 7) is 0. The molecule has 0 spiro atoms. The number of rotatable bonds is 1. The monoisotopic (exact) mass is 404 g/mol. The number of benzene rings is 1. The van der Waals surface area contributed by atoms with Crippen molar-refractivity contribution in [2.75, 3.05) is 0 Å². The lowest BCUT2D eigenvalue weighted by atomic mass is 9.97. The summed E-state index contributed by atoms with van der Waals surface area (Å²) < 4.78 is 0. The lowest BCUT2D eigenvalue weighted by molar-refractivity contribution is -0.114. The van der Waals surface area contributed by atoms with E-state index in [0.717, 1.165) is 24.0 Å². The summed E-state index contributed by atoms with van der Waals surface area (Å²) in [7, 11) is 0. The van der Waals surface area contributed by atoms with Gasteiger partial charge in [-0.05, 0) is 30.1 Å². The molecule has 0 aromatic heterocycles. The van der Waals surface area contributed by atoms with Gasteiger partial charge in [0.2, 0.25) is 0 Å². The van der Waals surface area contributed by atoms with Gasteiger partial charge < -0.3 is 10.2 Å². The molecule has 2 heteroatoms. The fourth-order valence-corrected chi connectivity index (χ4v) is 3.31. The van der Waals surface area contributed by atoms with Gasteiger partial charge in [-0.25, -0.2) is 0 Å². The van der Waals surface area contributed by atoms with Crippen LogP contribution in [-0.2, 0) is 0 Å². The third-order valence-electron chi connectivity index (χ3n) is 5.07. The van der Waals surface area contributed by atoms with E-state index in [-0.39, 0.29) is 6.42 Å². The molecule has 0 saturated heterocycles. The van der Waals surface area contributed by atoms with Crippen molar-refractivity contribution < 1.29 is 10.2 Å². The summed E-state index contributed by atoms with van der Waals surface area (Å²) in [4.78, 5) is 0. The Kier molecular flexibility index (Phi) is 11.6. The smallest absolute Gasteiger partial charge is 0.186 e. The van der Waals surface area contributed by atoms with Crippen molar-refractivity contribution in [3.63, 3.8) is 0 Å². The molecule has 1 aromatic carbocycles. The van der Waals surface area contributed by atoms with Gasteiger partial charge in [-0.2, -0.15) is 0 Å². The van der Waals surface area contributed by atoms with Gasteiger partial charge in [-0.1, -0.05) is 130 Å². The molecule has 1 aromatic rings. The molecule has 30 heavy (non-hydrogen) atoms. The molecule has 0 aliphatic heterocycles. The Hall–Kier alpha value is -2.42. The van der Waals surface area contributed by atoms with Crippen LogP contribution in [-0.4, -0.2) is 16.0 Å². The maximum absolute atomic E-state index is 9.26. The molecule has 4 aliphatic rings. The van der Waals surface area contributed by atoms with Crippen LogP contribution < -0.4 is 0 Å². The van der Waals surface area contributed by atoms with E-state index < -0.39 is 5.79 Å². The van der Waals surface area contributed by atoms with Crippen LogP contribution in [0.25, 0.3) is 5.57 Å². The van der Waals surface area contributed by atoms with Crippen LogP contribution >= 0.6 is 0 Å². The van der Waals surface area contributed by atoms with E-state index >= 15 is 0 Å². The fraction of sp³-hybridized carbons (Fsp3) is 0.357. The highest BCUT2D eigenvalue weighted by molar-refractivity contribution is 5.75. The number of aliphatic hydroxyl groups is 2. The van der Waals surface area contributed by atoms with E-state index in [1.165, 1.54) is 44.6 Å². The van der Waals surface area contributed by atoms with Crippen LogP contribution in [0, 0.1) is 0 Å². The Morgan fingerprint density at radius 3 is 1.43 bits per heavy atom. The Morgan fingerprint density at radius 1 is 0.633 bits per heavy atom. The predicted molar refractivity (Wildman–Crippen MR) is 129 cm³/mol. The quantitative estimate of drug-likeness (QED) is 0.492. The second kappa shape index (κ2) is 14.5. The zero-order valence-corrected chi connectivity index (χ0v) is 18.0. The first-order chi connectivity index (χ1) is 14.7. The molecular formula is C28H36O2. The average Bonchev–Trinajstić information content (AvgIpc) is 3.55. The second-order valence-corrected chi connectivity index (χ2v) is 7.75. The topological polar surface area (TPSA) is 40.5 Å². The Labute approximate surface area is 182 Å². The maximum Gasteiger partial charge on any atom is 0.186 e. The molecule has 5 rings (SSSR count). The van der Waals surface area contributed by atoms with E-state index in [9.17, 15) is 10.2 Å². The maximum atomic E-state index is 9.26. The molecule has 0 bridgehead atoms. The van der Waals surface area contributed by atoms with Gasteiger partial charge in [-0.15, -0.1) is 0 Å². The third kappa shape index (κ3) is 10.9. The number of hydrogen-bond donors (Lipinski definition) is 2. The Morgan fingerprint density at radius 2 is 1.10 bits per heavy atom. The number of hydrogen-bond acceptors (Lipinski definition) is 2. The molecule has 2 N–H and O–H groups in total. The SMILES string of the molecule is C1=CCC=C1.C1=CCC=C1.C1CCCCC1.OC1(O)C=CC(c2ccccc2)=CC1. The fourth-order valence-electron chi connectivity index (χ4n) is 3.31. The van der Waals surface area contributed by atoms with Gasteiger partial charge in [0.1, 0.15) is 0 Å². The zero-order valence-electron chi connectivity index (χ0n) is 18.0. The van der Waals surface area contributed by atoms with Gasteiger partial charge in [0.15, 0.2) is 5.79 Å². The van der Waals surface area contributed by atoms with E-state index in [1.807, 2.05) is 36.4 Å². The minimum atomic E-state index is -1.67. The van der Waals surface area contributed by atoms with Crippen molar-refractivity contribution in [1.82, 2.24) is 0 Å². The molecule has 0 atom stereocenters. The summed E-state index contributed by atoms with van der Waals surface area (Å²) in [6.07, 6.45) is 33.2. The summed E-state index contributed by atoms with van der Waals surface area (Å²) >= 11 is 0. The molecule has 1 fully saturated rings. The van der Waals surface area contributed by atoms with Crippen LogP contribution in [0.15, 0.2) is 97.2 Å². The summed E-state index contributed by atoms with van der Waals surface area (Å²) in [5.41, 5.74) is 2.13. The standard InChI is InChI=1S/C12H12O2.C6H12.2C5H6/c13-12(14)8-6-11(7-9-12)10-4-2-1-3-5-10;1-2-4-6-5-3-1;2*1-2-4-5-3-1/h1-8,13-14H,9H2;1-6H2;2*1-4H,5H2. The number of allylic oxidation sites excluding steroid dienone is 10. The molecule has 0 radical (unpaired) electrons. The minimum absolute atomic E-state index is 0.244. The van der Waals surface area contributed by atoms with Crippen molar-refractivity contribution in [1.29, 1.82) is 0 Å². The first kappa shape index (κ1) is 23.9. The predicted octanol–water partition coefficient (Wildman–Crippen LogP) is 7.06. The molecule has 4 aliphatic carbocycles. The summed E-state index contributed by atoms with van der Waals surface area (Å²) in [6, 6.07) is 9.88. The van der Waals surface area contributed by atoms with E-state index in [0.29, 0.717) is 0 Å². The largest absolute Gasteiger partial charge is 0.362 e. The van der Waals surface area contributed by atoms with E-state index in [1.54, 1.807) is 6.08 Å². The first-order valence-electron chi connectivity index (χ1n) is 11.2. The van der Waals surface area contributed by atoms with Crippen molar-refractivity contribution >= 4 is 5.57 Å².